The Bertz CT molecular complexity index is 729. The van der Waals surface area contributed by atoms with Gasteiger partial charge in [-0.25, -0.2) is 4.98 Å². The van der Waals surface area contributed by atoms with Crippen LogP contribution in [0, 0.1) is 11.3 Å². The number of rotatable bonds is 3. The van der Waals surface area contributed by atoms with Gasteiger partial charge in [0.05, 0.1) is 29.9 Å². The largest absolute Gasteiger partial charge is 0.336 e. The molecule has 7 nitrogen and oxygen atoms in total. The molecule has 1 heterocycles. The van der Waals surface area contributed by atoms with Crippen molar-refractivity contribution in [3.8, 4) is 6.07 Å². The van der Waals surface area contributed by atoms with Crippen LogP contribution in [0.4, 0.5) is 5.69 Å². The summed E-state index contributed by atoms with van der Waals surface area (Å²) in [6, 6.07) is 7.17. The first-order valence-electron chi connectivity index (χ1n) is 6.37. The number of imidazole rings is 1. The number of carbonyl (C=O) groups excluding carboxylic acids is 2. The molecule has 2 amide bonds. The van der Waals surface area contributed by atoms with Crippen LogP contribution >= 0.6 is 0 Å². The minimum absolute atomic E-state index is 0.190. The van der Waals surface area contributed by atoms with Gasteiger partial charge in [-0.1, -0.05) is 0 Å². The Morgan fingerprint density at radius 3 is 2.95 bits per heavy atom. The van der Waals surface area contributed by atoms with E-state index in [1.807, 2.05) is 23.8 Å². The summed E-state index contributed by atoms with van der Waals surface area (Å²) in [6.45, 7) is 0.224. The molecule has 21 heavy (non-hydrogen) atoms. The maximum absolute atomic E-state index is 11.8. The molecule has 0 radical (unpaired) electrons. The molecule has 1 aromatic carbocycles. The summed E-state index contributed by atoms with van der Waals surface area (Å²) in [5.74, 6) is -1.41. The summed E-state index contributed by atoms with van der Waals surface area (Å²) in [6.07, 6.45) is 1.87. The number of benzene rings is 1. The molecule has 7 heteroatoms. The zero-order valence-corrected chi connectivity index (χ0v) is 11.8. The summed E-state index contributed by atoms with van der Waals surface area (Å²) in [4.78, 5) is 29.1. The summed E-state index contributed by atoms with van der Waals surface area (Å²) < 4.78 is 1.86. The van der Waals surface area contributed by atoms with E-state index >= 15 is 0 Å². The average molecular weight is 285 g/mol. The molecule has 1 aromatic heterocycles. The van der Waals surface area contributed by atoms with E-state index in [-0.39, 0.29) is 13.0 Å². The first-order valence-corrected chi connectivity index (χ1v) is 6.37. The van der Waals surface area contributed by atoms with Crippen LogP contribution in [0.25, 0.3) is 11.0 Å². The number of nitrogens with zero attached hydrogens (tertiary/aromatic N) is 4. The van der Waals surface area contributed by atoms with Crippen molar-refractivity contribution in [1.29, 1.82) is 5.26 Å². The third kappa shape index (κ3) is 3.17. The highest BCUT2D eigenvalue weighted by Gasteiger charge is 2.18. The molecule has 0 saturated heterocycles. The molecule has 1 N–H and O–H groups in total. The number of nitrogens with one attached hydrogen (secondary N) is 1. The van der Waals surface area contributed by atoms with Gasteiger partial charge >= 0.3 is 11.8 Å². The number of hydrogen-bond donors (Lipinski definition) is 1. The Morgan fingerprint density at radius 2 is 2.24 bits per heavy atom. The van der Waals surface area contributed by atoms with E-state index in [0.29, 0.717) is 5.69 Å². The van der Waals surface area contributed by atoms with Crippen LogP contribution in [-0.2, 0) is 16.6 Å². The van der Waals surface area contributed by atoms with E-state index in [1.54, 1.807) is 18.5 Å². The minimum Gasteiger partial charge on any atom is -0.336 e. The average Bonchev–Trinajstić information content (AvgIpc) is 2.84. The number of aromatic nitrogens is 2. The molecule has 2 rings (SSSR count). The molecular weight excluding hydrogens is 270 g/mol. The Kier molecular flexibility index (Phi) is 4.18. The summed E-state index contributed by atoms with van der Waals surface area (Å²) in [5.41, 5.74) is 2.18. The van der Waals surface area contributed by atoms with Crippen molar-refractivity contribution >= 4 is 28.5 Å². The van der Waals surface area contributed by atoms with Gasteiger partial charge in [0, 0.05) is 26.3 Å². The van der Waals surface area contributed by atoms with Crippen LogP contribution in [0.5, 0.6) is 0 Å². The van der Waals surface area contributed by atoms with Gasteiger partial charge in [0.2, 0.25) is 0 Å². The molecule has 0 aliphatic rings. The van der Waals surface area contributed by atoms with Crippen LogP contribution in [-0.4, -0.2) is 39.9 Å². The van der Waals surface area contributed by atoms with Crippen LogP contribution in [0.2, 0.25) is 0 Å². The topological polar surface area (TPSA) is 91.0 Å². The zero-order valence-electron chi connectivity index (χ0n) is 11.8. The first kappa shape index (κ1) is 14.5. The van der Waals surface area contributed by atoms with E-state index in [9.17, 15) is 9.59 Å². The van der Waals surface area contributed by atoms with Gasteiger partial charge < -0.3 is 14.8 Å². The molecule has 0 spiro atoms. The van der Waals surface area contributed by atoms with E-state index in [0.717, 1.165) is 11.0 Å². The molecule has 0 aliphatic carbocycles. The fourth-order valence-electron chi connectivity index (χ4n) is 1.89. The number of aryl methyl sites for hydroxylation is 1. The Morgan fingerprint density at radius 1 is 1.48 bits per heavy atom. The molecule has 0 atom stereocenters. The third-order valence-electron chi connectivity index (χ3n) is 3.08. The van der Waals surface area contributed by atoms with Crippen molar-refractivity contribution < 1.29 is 9.59 Å². The van der Waals surface area contributed by atoms with Gasteiger partial charge in [-0.2, -0.15) is 5.26 Å². The van der Waals surface area contributed by atoms with Crippen molar-refractivity contribution in [3.63, 3.8) is 0 Å². The maximum atomic E-state index is 11.8. The predicted molar refractivity (Wildman–Crippen MR) is 77.2 cm³/mol. The van der Waals surface area contributed by atoms with Gasteiger partial charge in [0.15, 0.2) is 0 Å². The van der Waals surface area contributed by atoms with Crippen molar-refractivity contribution in [2.75, 3.05) is 18.9 Å². The van der Waals surface area contributed by atoms with E-state index in [1.165, 1.54) is 11.9 Å². The number of fused-ring (bicyclic) bond motifs is 1. The van der Waals surface area contributed by atoms with E-state index in [2.05, 4.69) is 10.3 Å². The maximum Gasteiger partial charge on any atom is 0.313 e. The van der Waals surface area contributed by atoms with E-state index < -0.39 is 11.8 Å². The number of nitriles is 1. The van der Waals surface area contributed by atoms with Gasteiger partial charge in [0.1, 0.15) is 0 Å². The fraction of sp³-hybridized carbons (Fsp3) is 0.286. The Hall–Kier alpha value is -2.88. The highest BCUT2D eigenvalue weighted by Crippen LogP contribution is 2.17. The first-order chi connectivity index (χ1) is 10.0. The molecule has 108 valence electrons. The summed E-state index contributed by atoms with van der Waals surface area (Å²) in [5, 5.41) is 11.0. The number of amides is 2. The monoisotopic (exact) mass is 285 g/mol. The second kappa shape index (κ2) is 6.05. The quantitative estimate of drug-likeness (QED) is 0.848. The number of anilines is 1. The molecule has 0 unspecified atom stereocenters. The summed E-state index contributed by atoms with van der Waals surface area (Å²) in [7, 11) is 3.36. The normalized spacial score (nSPS) is 10.1. The van der Waals surface area contributed by atoms with Gasteiger partial charge in [-0.05, 0) is 18.2 Å². The standard InChI is InChI=1S/C14H15N5O2/c1-18(7-3-6-15)14(21)13(20)17-10-4-5-12-11(8-10)16-9-19(12)2/h4-5,8-9H,3,7H2,1-2H3,(H,17,20). The zero-order chi connectivity index (χ0) is 15.4. The van der Waals surface area contributed by atoms with Crippen molar-refractivity contribution in [3.05, 3.63) is 24.5 Å². The lowest BCUT2D eigenvalue weighted by molar-refractivity contribution is -0.142. The molecule has 0 bridgehead atoms. The highest BCUT2D eigenvalue weighted by atomic mass is 16.2. The predicted octanol–water partition coefficient (Wildman–Crippen LogP) is 0.884. The molecule has 0 saturated carbocycles. The van der Waals surface area contributed by atoms with E-state index in [4.69, 9.17) is 5.26 Å². The number of likely N-dealkylation sites (N-methyl/N-ethyl adjacent to an activating group) is 1. The van der Waals surface area contributed by atoms with Crippen molar-refractivity contribution in [1.82, 2.24) is 14.5 Å². The van der Waals surface area contributed by atoms with Crippen LogP contribution in [0.3, 0.4) is 0 Å². The SMILES string of the molecule is CN(CCC#N)C(=O)C(=O)Nc1ccc2c(c1)ncn2C. The second-order valence-electron chi connectivity index (χ2n) is 4.65. The smallest absolute Gasteiger partial charge is 0.313 e. The van der Waals surface area contributed by atoms with Crippen molar-refractivity contribution in [2.45, 2.75) is 6.42 Å². The highest BCUT2D eigenvalue weighted by molar-refractivity contribution is 6.39. The fourth-order valence-corrected chi connectivity index (χ4v) is 1.89. The molecule has 0 aliphatic heterocycles. The molecule has 2 aromatic rings. The Labute approximate surface area is 121 Å². The Balaban J connectivity index is 2.07. The number of hydrogen-bond acceptors (Lipinski definition) is 4. The van der Waals surface area contributed by atoms with Gasteiger partial charge in [0.25, 0.3) is 0 Å². The minimum atomic E-state index is -0.731. The van der Waals surface area contributed by atoms with Crippen molar-refractivity contribution in [2.24, 2.45) is 7.05 Å². The van der Waals surface area contributed by atoms with Crippen LogP contribution in [0.1, 0.15) is 6.42 Å². The van der Waals surface area contributed by atoms with Crippen LogP contribution < -0.4 is 5.32 Å². The second-order valence-corrected chi connectivity index (χ2v) is 4.65. The lowest BCUT2D eigenvalue weighted by Crippen LogP contribution is -2.37. The molecule has 0 fully saturated rings. The summed E-state index contributed by atoms with van der Waals surface area (Å²) >= 11 is 0. The van der Waals surface area contributed by atoms with Crippen LogP contribution in [0.15, 0.2) is 24.5 Å². The lowest BCUT2D eigenvalue weighted by atomic mass is 10.2. The van der Waals surface area contributed by atoms with Gasteiger partial charge in [-0.15, -0.1) is 0 Å². The lowest BCUT2D eigenvalue weighted by Gasteiger charge is -2.14. The third-order valence-corrected chi connectivity index (χ3v) is 3.08. The van der Waals surface area contributed by atoms with Gasteiger partial charge in [-0.3, -0.25) is 9.59 Å². The molecular formula is C14H15N5O2. The number of carbonyl (C=O) groups is 2.